The molecule has 2 unspecified atom stereocenters. The molecule has 1 aromatic carbocycles. The third-order valence-electron chi connectivity index (χ3n) is 3.82. The van der Waals surface area contributed by atoms with Gasteiger partial charge in [0.2, 0.25) is 0 Å². The Labute approximate surface area is 120 Å². The van der Waals surface area contributed by atoms with E-state index < -0.39 is 0 Å². The van der Waals surface area contributed by atoms with Gasteiger partial charge in [-0.3, -0.25) is 0 Å². The highest BCUT2D eigenvalue weighted by Crippen LogP contribution is 2.30. The van der Waals surface area contributed by atoms with Gasteiger partial charge in [0.15, 0.2) is 0 Å². The van der Waals surface area contributed by atoms with E-state index >= 15 is 0 Å². The fourth-order valence-electron chi connectivity index (χ4n) is 2.71. The number of benzene rings is 1. The van der Waals surface area contributed by atoms with Gasteiger partial charge in [0.25, 0.3) is 0 Å². The molecule has 19 heavy (non-hydrogen) atoms. The molecule has 0 bridgehead atoms. The fourth-order valence-corrected chi connectivity index (χ4v) is 2.82. The van der Waals surface area contributed by atoms with E-state index in [1.54, 1.807) is 0 Å². The maximum Gasteiger partial charge on any atom is 0.120 e. The fraction of sp³-hybridized carbons (Fsp3) is 0.562. The highest BCUT2D eigenvalue weighted by atomic mass is 35.5. The first kappa shape index (κ1) is 14.2. The summed E-state index contributed by atoms with van der Waals surface area (Å²) in [5.41, 5.74) is 2.05. The van der Waals surface area contributed by atoms with Crippen molar-refractivity contribution in [1.82, 2.24) is 0 Å². The first-order valence-corrected chi connectivity index (χ1v) is 7.32. The van der Waals surface area contributed by atoms with Gasteiger partial charge in [0, 0.05) is 5.02 Å². The Kier molecular flexibility index (Phi) is 4.71. The van der Waals surface area contributed by atoms with E-state index in [2.05, 4.69) is 6.07 Å². The van der Waals surface area contributed by atoms with Gasteiger partial charge < -0.3 is 4.74 Å². The lowest BCUT2D eigenvalue weighted by Gasteiger charge is -2.22. The molecule has 0 heterocycles. The zero-order chi connectivity index (χ0) is 13.8. The van der Waals surface area contributed by atoms with Crippen LogP contribution in [0.3, 0.4) is 0 Å². The molecule has 0 spiro atoms. The molecule has 2 atom stereocenters. The summed E-state index contributed by atoms with van der Waals surface area (Å²) in [5, 5.41) is 10.1. The Morgan fingerprint density at radius 2 is 1.79 bits per heavy atom. The van der Waals surface area contributed by atoms with E-state index in [4.69, 9.17) is 16.3 Å². The highest BCUT2D eigenvalue weighted by Gasteiger charge is 2.25. The van der Waals surface area contributed by atoms with Crippen molar-refractivity contribution in [2.24, 2.45) is 5.92 Å². The van der Waals surface area contributed by atoms with Crippen molar-refractivity contribution in [3.63, 3.8) is 0 Å². The molecule has 0 amide bonds. The van der Waals surface area contributed by atoms with Crippen LogP contribution in [0.5, 0.6) is 5.75 Å². The smallest absolute Gasteiger partial charge is 0.120 e. The molecule has 1 aliphatic rings. The minimum absolute atomic E-state index is 0.0128. The molecule has 3 heteroatoms. The van der Waals surface area contributed by atoms with Gasteiger partial charge in [-0.1, -0.05) is 24.4 Å². The maximum absolute atomic E-state index is 9.27. The van der Waals surface area contributed by atoms with Crippen molar-refractivity contribution >= 4 is 11.6 Å². The van der Waals surface area contributed by atoms with Crippen molar-refractivity contribution in [3.05, 3.63) is 28.3 Å². The second kappa shape index (κ2) is 6.30. The van der Waals surface area contributed by atoms with Gasteiger partial charge in [0.05, 0.1) is 12.0 Å². The van der Waals surface area contributed by atoms with Crippen LogP contribution in [0.15, 0.2) is 12.1 Å². The molecule has 0 aliphatic heterocycles. The quantitative estimate of drug-likeness (QED) is 0.727. The topological polar surface area (TPSA) is 33.0 Å². The summed E-state index contributed by atoms with van der Waals surface area (Å²) in [5.74, 6) is 0.852. The predicted octanol–water partition coefficient (Wildman–Crippen LogP) is 4.81. The van der Waals surface area contributed by atoms with Crippen LogP contribution in [0, 0.1) is 31.1 Å². The molecule has 0 saturated heterocycles. The molecule has 2 rings (SSSR count). The third kappa shape index (κ3) is 3.42. The van der Waals surface area contributed by atoms with Gasteiger partial charge >= 0.3 is 0 Å². The van der Waals surface area contributed by atoms with E-state index in [0.717, 1.165) is 47.6 Å². The van der Waals surface area contributed by atoms with Gasteiger partial charge in [-0.15, -0.1) is 0 Å². The predicted molar refractivity (Wildman–Crippen MR) is 77.5 cm³/mol. The molecule has 102 valence electrons. The molecule has 2 nitrogen and oxygen atoms in total. The lowest BCUT2D eigenvalue weighted by molar-refractivity contribution is 0.152. The van der Waals surface area contributed by atoms with Crippen LogP contribution in [0.25, 0.3) is 0 Å². The Balaban J connectivity index is 2.17. The van der Waals surface area contributed by atoms with E-state index in [9.17, 15) is 5.26 Å². The van der Waals surface area contributed by atoms with Crippen molar-refractivity contribution < 1.29 is 4.74 Å². The lowest BCUT2D eigenvalue weighted by Crippen LogP contribution is -2.25. The number of halogens is 1. The normalized spacial score (nSPS) is 23.5. The molecular weight excluding hydrogens is 258 g/mol. The highest BCUT2D eigenvalue weighted by molar-refractivity contribution is 6.32. The van der Waals surface area contributed by atoms with Crippen LogP contribution < -0.4 is 4.74 Å². The van der Waals surface area contributed by atoms with E-state index in [-0.39, 0.29) is 12.0 Å². The average molecular weight is 278 g/mol. The monoisotopic (exact) mass is 277 g/mol. The van der Waals surface area contributed by atoms with Crippen LogP contribution in [0.4, 0.5) is 0 Å². The molecule has 1 aliphatic carbocycles. The molecule has 0 radical (unpaired) electrons. The summed E-state index contributed by atoms with van der Waals surface area (Å²) in [7, 11) is 0. The summed E-state index contributed by atoms with van der Waals surface area (Å²) in [4.78, 5) is 0. The minimum Gasteiger partial charge on any atom is -0.489 e. The van der Waals surface area contributed by atoms with Gasteiger partial charge in [0.1, 0.15) is 11.9 Å². The molecule has 0 aromatic heterocycles. The number of nitriles is 1. The Morgan fingerprint density at radius 3 is 2.42 bits per heavy atom. The summed E-state index contributed by atoms with van der Waals surface area (Å²) in [6.07, 6.45) is 5.43. The number of nitrogens with zero attached hydrogens (tertiary/aromatic N) is 1. The number of ether oxygens (including phenoxy) is 1. The SMILES string of the molecule is Cc1cc(OC2CCCCCC2C#N)cc(C)c1Cl. The van der Waals surface area contributed by atoms with Crippen molar-refractivity contribution in [1.29, 1.82) is 5.26 Å². The van der Waals surface area contributed by atoms with Crippen LogP contribution >= 0.6 is 11.6 Å². The molecule has 0 N–H and O–H groups in total. The van der Waals surface area contributed by atoms with Crippen molar-refractivity contribution in [3.8, 4) is 11.8 Å². The van der Waals surface area contributed by atoms with Gasteiger partial charge in [-0.25, -0.2) is 0 Å². The Hall–Kier alpha value is -1.20. The number of hydrogen-bond donors (Lipinski definition) is 0. The first-order chi connectivity index (χ1) is 9.11. The number of hydrogen-bond acceptors (Lipinski definition) is 2. The minimum atomic E-state index is 0.0128. The number of aryl methyl sites for hydroxylation is 2. The molecule has 1 fully saturated rings. The van der Waals surface area contributed by atoms with E-state index in [0.29, 0.717) is 0 Å². The largest absolute Gasteiger partial charge is 0.489 e. The van der Waals surface area contributed by atoms with Crippen LogP contribution in [0.1, 0.15) is 43.2 Å². The Bertz CT molecular complexity index is 469. The number of rotatable bonds is 2. The molecular formula is C16H20ClNO. The average Bonchev–Trinajstić information content (AvgIpc) is 2.61. The van der Waals surface area contributed by atoms with Crippen LogP contribution in [0.2, 0.25) is 5.02 Å². The summed E-state index contributed by atoms with van der Waals surface area (Å²) >= 11 is 6.17. The second-order valence-electron chi connectivity index (χ2n) is 5.40. The Morgan fingerprint density at radius 1 is 1.16 bits per heavy atom. The zero-order valence-electron chi connectivity index (χ0n) is 11.6. The van der Waals surface area contributed by atoms with E-state index in [1.165, 1.54) is 6.42 Å². The zero-order valence-corrected chi connectivity index (χ0v) is 12.3. The second-order valence-corrected chi connectivity index (χ2v) is 5.78. The maximum atomic E-state index is 9.27. The summed E-state index contributed by atoms with van der Waals surface area (Å²) in [6.45, 7) is 3.97. The summed E-state index contributed by atoms with van der Waals surface area (Å²) in [6, 6.07) is 6.34. The van der Waals surface area contributed by atoms with Gasteiger partial charge in [-0.2, -0.15) is 5.26 Å². The van der Waals surface area contributed by atoms with Crippen molar-refractivity contribution in [2.75, 3.05) is 0 Å². The van der Waals surface area contributed by atoms with Crippen LogP contribution in [-0.4, -0.2) is 6.10 Å². The first-order valence-electron chi connectivity index (χ1n) is 6.95. The van der Waals surface area contributed by atoms with Crippen molar-refractivity contribution in [2.45, 2.75) is 52.1 Å². The summed E-state index contributed by atoms with van der Waals surface area (Å²) < 4.78 is 6.07. The molecule has 1 saturated carbocycles. The molecule has 1 aromatic rings. The third-order valence-corrected chi connectivity index (χ3v) is 4.41. The van der Waals surface area contributed by atoms with Crippen LogP contribution in [-0.2, 0) is 0 Å². The standard InChI is InChI=1S/C16H20ClNO/c1-11-8-14(9-12(2)16(11)17)19-15-7-5-3-4-6-13(15)10-18/h8-9,13,15H,3-7H2,1-2H3. The van der Waals surface area contributed by atoms with E-state index in [1.807, 2.05) is 26.0 Å². The van der Waals surface area contributed by atoms with Gasteiger partial charge in [-0.05, 0) is 56.4 Å². The lowest BCUT2D eigenvalue weighted by atomic mass is 9.99.